The lowest BCUT2D eigenvalue weighted by Crippen LogP contribution is -2.47. The summed E-state index contributed by atoms with van der Waals surface area (Å²) in [6, 6.07) is 2.61. The van der Waals surface area contributed by atoms with Crippen molar-refractivity contribution in [3.8, 4) is 0 Å². The van der Waals surface area contributed by atoms with Gasteiger partial charge in [0.1, 0.15) is 11.8 Å². The zero-order valence-corrected chi connectivity index (χ0v) is 18.4. The molecule has 0 spiro atoms. The summed E-state index contributed by atoms with van der Waals surface area (Å²) in [4.78, 5) is 38.3. The summed E-state index contributed by atoms with van der Waals surface area (Å²) in [5, 5.41) is 7.19. The normalized spacial score (nSPS) is 21.1. The largest absolute Gasteiger partial charge is 0.442 e. The van der Waals surface area contributed by atoms with Gasteiger partial charge in [0.2, 0.25) is 5.91 Å². The van der Waals surface area contributed by atoms with Crippen molar-refractivity contribution < 1.29 is 27.9 Å². The summed E-state index contributed by atoms with van der Waals surface area (Å²) in [5.41, 5.74) is 2.85. The Balaban J connectivity index is 1.40. The van der Waals surface area contributed by atoms with Gasteiger partial charge in [0, 0.05) is 44.7 Å². The molecule has 180 valence electrons. The van der Waals surface area contributed by atoms with E-state index in [1.54, 1.807) is 4.90 Å². The van der Waals surface area contributed by atoms with Crippen molar-refractivity contribution in [2.24, 2.45) is 0 Å². The van der Waals surface area contributed by atoms with Crippen molar-refractivity contribution in [2.45, 2.75) is 31.9 Å². The Morgan fingerprint density at radius 2 is 1.91 bits per heavy atom. The fourth-order valence-electron chi connectivity index (χ4n) is 3.89. The number of ether oxygens (including phenoxy) is 1. The third-order valence-electron chi connectivity index (χ3n) is 5.78. The van der Waals surface area contributed by atoms with Gasteiger partial charge in [-0.3, -0.25) is 19.5 Å². The van der Waals surface area contributed by atoms with Crippen LogP contribution >= 0.6 is 0 Å². The van der Waals surface area contributed by atoms with Crippen LogP contribution in [0, 0.1) is 11.6 Å². The molecule has 1 aliphatic carbocycles. The molecule has 2 aliphatic heterocycles. The molecule has 2 saturated heterocycles. The molecule has 0 aromatic heterocycles. The topological polar surface area (TPSA) is 106 Å². The van der Waals surface area contributed by atoms with E-state index in [9.17, 15) is 14.4 Å². The van der Waals surface area contributed by atoms with E-state index in [4.69, 9.17) is 4.74 Å². The molecule has 0 unspecified atom stereocenters. The van der Waals surface area contributed by atoms with Crippen LogP contribution in [0.3, 0.4) is 0 Å². The highest BCUT2D eigenvalue weighted by Gasteiger charge is 2.34. The van der Waals surface area contributed by atoms with Crippen LogP contribution in [0.15, 0.2) is 12.1 Å². The number of anilines is 2. The molecular formula is C21H28F2N6O4. The van der Waals surface area contributed by atoms with E-state index in [0.717, 1.165) is 29.9 Å². The van der Waals surface area contributed by atoms with E-state index in [1.807, 2.05) is 0 Å². The fraction of sp³-hybridized carbons (Fsp3) is 0.571. The number of hydrogen-bond acceptors (Lipinski definition) is 7. The first-order chi connectivity index (χ1) is 15.8. The van der Waals surface area contributed by atoms with Crippen molar-refractivity contribution in [1.29, 1.82) is 0 Å². The Bertz CT molecular complexity index is 905. The average Bonchev–Trinajstić information content (AvgIpc) is 3.55. The van der Waals surface area contributed by atoms with Crippen LogP contribution in [0.5, 0.6) is 0 Å². The van der Waals surface area contributed by atoms with E-state index >= 15 is 8.78 Å². The Hall–Kier alpha value is -2.99. The maximum atomic E-state index is 15.0. The van der Waals surface area contributed by atoms with Crippen molar-refractivity contribution in [2.75, 3.05) is 55.6 Å². The van der Waals surface area contributed by atoms with Crippen molar-refractivity contribution in [3.05, 3.63) is 23.8 Å². The number of nitrogens with one attached hydrogen (secondary N) is 3. The third kappa shape index (κ3) is 5.69. The Morgan fingerprint density at radius 1 is 1.18 bits per heavy atom. The summed E-state index contributed by atoms with van der Waals surface area (Å²) in [7, 11) is 0. The summed E-state index contributed by atoms with van der Waals surface area (Å²) < 4.78 is 35.2. The molecule has 1 aromatic carbocycles. The van der Waals surface area contributed by atoms with Crippen LogP contribution in [-0.4, -0.2) is 80.9 Å². The van der Waals surface area contributed by atoms with Crippen LogP contribution in [0.25, 0.3) is 0 Å². The van der Waals surface area contributed by atoms with Gasteiger partial charge in [-0.25, -0.2) is 19.0 Å². The van der Waals surface area contributed by atoms with Gasteiger partial charge in [0.15, 0.2) is 11.6 Å². The molecule has 2 heterocycles. The molecule has 10 nitrogen and oxygen atoms in total. The fourth-order valence-corrected chi connectivity index (χ4v) is 3.89. The second-order valence-corrected chi connectivity index (χ2v) is 8.41. The quantitative estimate of drug-likeness (QED) is 0.532. The van der Waals surface area contributed by atoms with Gasteiger partial charge in [-0.15, -0.1) is 0 Å². The molecule has 3 aliphatic rings. The molecule has 0 radical (unpaired) electrons. The number of hydrazine groups is 1. The molecule has 3 N–H and O–H groups in total. The maximum absolute atomic E-state index is 15.0. The van der Waals surface area contributed by atoms with E-state index in [-0.39, 0.29) is 55.9 Å². The first-order valence-electron chi connectivity index (χ1n) is 11.1. The average molecular weight is 466 g/mol. The first kappa shape index (κ1) is 23.2. The number of cyclic esters (lactones) is 1. The van der Waals surface area contributed by atoms with Crippen LogP contribution in [0.2, 0.25) is 0 Å². The summed E-state index contributed by atoms with van der Waals surface area (Å²) in [6.07, 6.45) is 0.814. The molecule has 3 fully saturated rings. The zero-order valence-electron chi connectivity index (χ0n) is 18.4. The number of halogens is 2. The predicted molar refractivity (Wildman–Crippen MR) is 116 cm³/mol. The summed E-state index contributed by atoms with van der Waals surface area (Å²) in [5.74, 6) is -1.99. The Labute approximate surface area is 190 Å². The summed E-state index contributed by atoms with van der Waals surface area (Å²) >= 11 is 0. The standard InChI is InChI=1S/C21H28F2N6O4/c1-13(30)24-10-16-12-28(21(32)33-16)15-8-17(22)20(18(23)9-15)27-5-4-26-29(7-6-27)19(31)11-25-14-2-3-14/h8-9,14,16,25-26H,2-7,10-12H2,1H3,(H,24,30)/t16-/m0/s1. The number of carbonyl (C=O) groups excluding carboxylic acids is 3. The maximum Gasteiger partial charge on any atom is 0.414 e. The minimum absolute atomic E-state index is 0.0416. The van der Waals surface area contributed by atoms with Crippen LogP contribution in [-0.2, 0) is 14.3 Å². The summed E-state index contributed by atoms with van der Waals surface area (Å²) in [6.45, 7) is 2.93. The van der Waals surface area contributed by atoms with E-state index < -0.39 is 23.8 Å². The third-order valence-corrected chi connectivity index (χ3v) is 5.78. The molecule has 1 aromatic rings. The number of hydrogen-bond donors (Lipinski definition) is 3. The smallest absolute Gasteiger partial charge is 0.414 e. The highest BCUT2D eigenvalue weighted by molar-refractivity contribution is 5.90. The van der Waals surface area contributed by atoms with E-state index in [0.29, 0.717) is 19.1 Å². The van der Waals surface area contributed by atoms with Gasteiger partial charge in [0.25, 0.3) is 5.91 Å². The minimum Gasteiger partial charge on any atom is -0.442 e. The number of amides is 3. The molecule has 12 heteroatoms. The molecule has 4 rings (SSSR count). The van der Waals surface area contributed by atoms with Crippen molar-refractivity contribution in [3.63, 3.8) is 0 Å². The predicted octanol–water partition coefficient (Wildman–Crippen LogP) is 0.331. The van der Waals surface area contributed by atoms with E-state index in [2.05, 4.69) is 16.1 Å². The lowest BCUT2D eigenvalue weighted by atomic mass is 10.2. The SMILES string of the molecule is CC(=O)NC[C@H]1CN(c2cc(F)c(N3CCNN(C(=O)CNC4CC4)CC3)c(F)c2)C(=O)O1. The first-order valence-corrected chi connectivity index (χ1v) is 11.1. The van der Waals surface area contributed by atoms with Crippen molar-refractivity contribution >= 4 is 29.3 Å². The van der Waals surface area contributed by atoms with Crippen LogP contribution < -0.4 is 25.9 Å². The monoisotopic (exact) mass is 466 g/mol. The molecule has 0 bridgehead atoms. The highest BCUT2D eigenvalue weighted by atomic mass is 19.1. The van der Waals surface area contributed by atoms with Gasteiger partial charge < -0.3 is 20.3 Å². The lowest BCUT2D eigenvalue weighted by Gasteiger charge is -2.25. The second-order valence-electron chi connectivity index (χ2n) is 8.41. The number of benzene rings is 1. The zero-order chi connectivity index (χ0) is 23.5. The van der Waals surface area contributed by atoms with E-state index in [1.165, 1.54) is 11.9 Å². The second kappa shape index (κ2) is 9.87. The van der Waals surface area contributed by atoms with Gasteiger partial charge in [-0.05, 0) is 12.8 Å². The number of rotatable bonds is 7. The number of nitrogens with zero attached hydrogens (tertiary/aromatic N) is 3. The minimum atomic E-state index is -0.807. The molecule has 1 atom stereocenters. The molecule has 33 heavy (non-hydrogen) atoms. The van der Waals surface area contributed by atoms with Gasteiger partial charge >= 0.3 is 6.09 Å². The number of carbonyl (C=O) groups is 3. The van der Waals surface area contributed by atoms with Crippen molar-refractivity contribution in [1.82, 2.24) is 21.1 Å². The van der Waals surface area contributed by atoms with Gasteiger partial charge in [-0.1, -0.05) is 0 Å². The molecular weight excluding hydrogens is 438 g/mol. The lowest BCUT2D eigenvalue weighted by molar-refractivity contribution is -0.133. The Morgan fingerprint density at radius 3 is 2.58 bits per heavy atom. The van der Waals surface area contributed by atoms with Crippen LogP contribution in [0.4, 0.5) is 25.0 Å². The Kier molecular flexibility index (Phi) is 6.94. The molecule has 1 saturated carbocycles. The van der Waals surface area contributed by atoms with Gasteiger partial charge in [-0.2, -0.15) is 0 Å². The molecule has 3 amide bonds. The van der Waals surface area contributed by atoms with Crippen LogP contribution in [0.1, 0.15) is 19.8 Å². The highest BCUT2D eigenvalue weighted by Crippen LogP contribution is 2.31. The van der Waals surface area contributed by atoms with Gasteiger partial charge in [0.05, 0.1) is 31.9 Å².